The summed E-state index contributed by atoms with van der Waals surface area (Å²) < 4.78 is 11.3. The molecule has 0 spiro atoms. The van der Waals surface area contributed by atoms with Crippen LogP contribution < -0.4 is 21.1 Å². The second-order valence-corrected chi connectivity index (χ2v) is 13.6. The molecule has 4 atom stereocenters. The topological polar surface area (TPSA) is 160 Å². The van der Waals surface area contributed by atoms with Crippen LogP contribution in [0, 0.1) is 12.3 Å². The zero-order valence-electron chi connectivity index (χ0n) is 26.7. The molecule has 1 unspecified atom stereocenters. The highest BCUT2D eigenvalue weighted by Gasteiger charge is 2.45. The molecular formula is C34H41N5O6S. The van der Waals surface area contributed by atoms with E-state index < -0.39 is 35.4 Å². The van der Waals surface area contributed by atoms with Gasteiger partial charge in [-0.25, -0.2) is 4.98 Å². The van der Waals surface area contributed by atoms with Gasteiger partial charge in [0.25, 0.3) is 5.91 Å². The lowest BCUT2D eigenvalue weighted by Gasteiger charge is -2.35. The van der Waals surface area contributed by atoms with Crippen LogP contribution in [-0.4, -0.2) is 70.6 Å². The summed E-state index contributed by atoms with van der Waals surface area (Å²) in [7, 11) is 0. The first-order chi connectivity index (χ1) is 21.8. The van der Waals surface area contributed by atoms with Crippen molar-refractivity contribution in [2.45, 2.75) is 65.3 Å². The van der Waals surface area contributed by atoms with Crippen molar-refractivity contribution < 1.29 is 28.6 Å². The molecule has 1 fully saturated rings. The number of β-amino-alcohol motifs (C(OH)–C–C–N with tert-alkyl or cyclic N) is 1. The Kier molecular flexibility index (Phi) is 9.80. The van der Waals surface area contributed by atoms with Crippen molar-refractivity contribution in [2.24, 2.45) is 11.1 Å². The van der Waals surface area contributed by atoms with E-state index in [2.05, 4.69) is 15.6 Å². The van der Waals surface area contributed by atoms with E-state index in [9.17, 15) is 19.5 Å². The van der Waals surface area contributed by atoms with Gasteiger partial charge in [0.15, 0.2) is 5.76 Å². The third-order valence-electron chi connectivity index (χ3n) is 8.13. The standard InChI is InChI=1S/C34H41N5O6S/c1-19(21-6-8-22(9-7-21)29-20(2)36-18-46-29)37-31(41)26-16-24(40)17-39(26)33(43)30(34(3,4)5)38-32(42)28-15-23-14-25(44-13-12-35)10-11-27(23)45-28/h6-11,14-15,18-19,24,26,30,40H,12-13,16-17,35H2,1-5H3,(H,37,41)(H,38,42)/t19-,24+,26-,30?/m0/s1. The van der Waals surface area contributed by atoms with E-state index in [0.29, 0.717) is 29.9 Å². The number of aryl methyl sites for hydroxylation is 1. The molecule has 46 heavy (non-hydrogen) atoms. The van der Waals surface area contributed by atoms with Gasteiger partial charge < -0.3 is 35.5 Å². The lowest BCUT2D eigenvalue weighted by atomic mass is 9.85. The van der Waals surface area contributed by atoms with Crippen molar-refractivity contribution in [2.75, 3.05) is 19.7 Å². The highest BCUT2D eigenvalue weighted by Crippen LogP contribution is 2.30. The number of hydrogen-bond acceptors (Lipinski definition) is 9. The van der Waals surface area contributed by atoms with E-state index in [1.807, 2.05) is 64.4 Å². The monoisotopic (exact) mass is 647 g/mol. The second kappa shape index (κ2) is 13.6. The van der Waals surface area contributed by atoms with Gasteiger partial charge in [0.2, 0.25) is 11.8 Å². The van der Waals surface area contributed by atoms with Crippen LogP contribution in [0.4, 0.5) is 0 Å². The first kappa shape index (κ1) is 33.1. The van der Waals surface area contributed by atoms with Crippen LogP contribution in [0.2, 0.25) is 0 Å². The number of nitrogens with two attached hydrogens (primary N) is 1. The molecule has 3 heterocycles. The molecule has 2 aromatic carbocycles. The van der Waals surface area contributed by atoms with Gasteiger partial charge in [0.05, 0.1) is 28.2 Å². The quantitative estimate of drug-likeness (QED) is 0.199. The molecule has 1 aliphatic heterocycles. The minimum Gasteiger partial charge on any atom is -0.492 e. The van der Waals surface area contributed by atoms with Gasteiger partial charge in [-0.1, -0.05) is 45.0 Å². The Hall–Kier alpha value is -4.26. The van der Waals surface area contributed by atoms with Gasteiger partial charge in [-0.15, -0.1) is 11.3 Å². The number of fused-ring (bicyclic) bond motifs is 1. The number of hydrogen-bond donors (Lipinski definition) is 4. The van der Waals surface area contributed by atoms with Crippen molar-refractivity contribution in [1.82, 2.24) is 20.5 Å². The maximum Gasteiger partial charge on any atom is 0.287 e. The maximum atomic E-state index is 14.0. The normalized spacial score (nSPS) is 17.9. The second-order valence-electron chi connectivity index (χ2n) is 12.7. The lowest BCUT2D eigenvalue weighted by molar-refractivity contribution is -0.142. The average molecular weight is 648 g/mol. The Morgan fingerprint density at radius 3 is 2.54 bits per heavy atom. The highest BCUT2D eigenvalue weighted by molar-refractivity contribution is 7.13. The lowest BCUT2D eigenvalue weighted by Crippen LogP contribution is -2.57. The van der Waals surface area contributed by atoms with Gasteiger partial charge in [0.1, 0.15) is 30.0 Å². The minimum absolute atomic E-state index is 0.0210. The number of aliphatic hydroxyl groups is 1. The van der Waals surface area contributed by atoms with E-state index in [0.717, 1.165) is 21.7 Å². The van der Waals surface area contributed by atoms with E-state index in [1.54, 1.807) is 35.6 Å². The number of ether oxygens (including phenoxy) is 1. The Bertz CT molecular complexity index is 1710. The molecule has 0 saturated carbocycles. The minimum atomic E-state index is -1.00. The van der Waals surface area contributed by atoms with E-state index in [-0.39, 0.29) is 30.7 Å². The fourth-order valence-corrected chi connectivity index (χ4v) is 6.43. The molecule has 1 aliphatic rings. The molecule has 0 aliphatic carbocycles. The van der Waals surface area contributed by atoms with Crippen LogP contribution in [0.3, 0.4) is 0 Å². The summed E-state index contributed by atoms with van der Waals surface area (Å²) in [6.07, 6.45) is -0.782. The van der Waals surface area contributed by atoms with E-state index in [4.69, 9.17) is 14.9 Å². The zero-order valence-corrected chi connectivity index (χ0v) is 27.5. The van der Waals surface area contributed by atoms with Crippen LogP contribution >= 0.6 is 11.3 Å². The number of aromatic nitrogens is 1. The molecule has 4 aromatic rings. The third kappa shape index (κ3) is 7.24. The van der Waals surface area contributed by atoms with Crippen molar-refractivity contribution in [3.63, 3.8) is 0 Å². The van der Waals surface area contributed by atoms with Crippen LogP contribution in [-0.2, 0) is 9.59 Å². The molecule has 5 rings (SSSR count). The van der Waals surface area contributed by atoms with Crippen LogP contribution in [0.5, 0.6) is 5.75 Å². The molecule has 1 saturated heterocycles. The van der Waals surface area contributed by atoms with Gasteiger partial charge in [-0.2, -0.15) is 0 Å². The van der Waals surface area contributed by atoms with Crippen molar-refractivity contribution in [1.29, 1.82) is 0 Å². The molecule has 2 aromatic heterocycles. The molecule has 3 amide bonds. The molecule has 11 nitrogen and oxygen atoms in total. The number of rotatable bonds is 10. The number of amides is 3. The highest BCUT2D eigenvalue weighted by atomic mass is 32.1. The summed E-state index contributed by atoms with van der Waals surface area (Å²) in [5.41, 5.74) is 10.0. The summed E-state index contributed by atoms with van der Waals surface area (Å²) >= 11 is 1.58. The Morgan fingerprint density at radius 2 is 1.89 bits per heavy atom. The fraction of sp³-hybridized carbons (Fsp3) is 0.412. The Morgan fingerprint density at radius 1 is 1.15 bits per heavy atom. The number of carbonyl (C=O) groups excluding carboxylic acids is 3. The molecule has 12 heteroatoms. The number of likely N-dealkylation sites (tertiary alicyclic amines) is 1. The van der Waals surface area contributed by atoms with Crippen LogP contribution in [0.15, 0.2) is 58.5 Å². The van der Waals surface area contributed by atoms with Gasteiger partial charge >= 0.3 is 0 Å². The summed E-state index contributed by atoms with van der Waals surface area (Å²) in [5.74, 6) is -0.760. The largest absolute Gasteiger partial charge is 0.492 e. The number of nitrogens with one attached hydrogen (secondary N) is 2. The summed E-state index contributed by atoms with van der Waals surface area (Å²) in [5, 5.41) is 17.1. The van der Waals surface area contributed by atoms with Gasteiger partial charge in [-0.3, -0.25) is 14.4 Å². The Labute approximate surface area is 272 Å². The molecular weight excluding hydrogens is 606 g/mol. The summed E-state index contributed by atoms with van der Waals surface area (Å²) in [6, 6.07) is 12.5. The number of benzene rings is 2. The smallest absolute Gasteiger partial charge is 0.287 e. The molecule has 0 radical (unpaired) electrons. The van der Waals surface area contributed by atoms with Gasteiger partial charge in [-0.05, 0) is 54.7 Å². The number of aliphatic hydroxyl groups excluding tert-OH is 1. The predicted molar refractivity (Wildman–Crippen MR) is 176 cm³/mol. The predicted octanol–water partition coefficient (Wildman–Crippen LogP) is 4.19. The summed E-state index contributed by atoms with van der Waals surface area (Å²) in [6.45, 7) is 10.0. The maximum absolute atomic E-state index is 14.0. The zero-order chi connectivity index (χ0) is 33.2. The van der Waals surface area contributed by atoms with E-state index >= 15 is 0 Å². The third-order valence-corrected chi connectivity index (χ3v) is 9.11. The van der Waals surface area contributed by atoms with Crippen LogP contribution in [0.25, 0.3) is 21.4 Å². The SMILES string of the molecule is Cc1ncsc1-c1ccc([C@H](C)NC(=O)[C@@H]2C[C@@H](O)CN2C(=O)C(NC(=O)c2cc3cc(OCCN)ccc3o2)C(C)(C)C)cc1. The Balaban J connectivity index is 1.28. The van der Waals surface area contributed by atoms with E-state index in [1.165, 1.54) is 4.90 Å². The molecule has 244 valence electrons. The van der Waals surface area contributed by atoms with Crippen molar-refractivity contribution in [3.8, 4) is 16.2 Å². The number of thiazole rings is 1. The van der Waals surface area contributed by atoms with Crippen LogP contribution in [0.1, 0.15) is 62.0 Å². The molecule has 5 N–H and O–H groups in total. The first-order valence-corrected chi connectivity index (χ1v) is 16.2. The van der Waals surface area contributed by atoms with Gasteiger partial charge in [0, 0.05) is 24.9 Å². The molecule has 0 bridgehead atoms. The first-order valence-electron chi connectivity index (χ1n) is 15.3. The number of furan rings is 1. The summed E-state index contributed by atoms with van der Waals surface area (Å²) in [4.78, 5) is 47.8. The van der Waals surface area contributed by atoms with Crippen molar-refractivity contribution in [3.05, 3.63) is 71.1 Å². The van der Waals surface area contributed by atoms with Crippen molar-refractivity contribution >= 4 is 40.0 Å². The number of carbonyl (C=O) groups is 3. The number of nitrogens with zero attached hydrogens (tertiary/aromatic N) is 2. The fourth-order valence-electron chi connectivity index (χ4n) is 5.62. The average Bonchev–Trinajstić information content (AvgIpc) is 3.75.